The zero-order valence-corrected chi connectivity index (χ0v) is 7.09. The molecule has 1 rings (SSSR count). The summed E-state index contributed by atoms with van der Waals surface area (Å²) in [5.41, 5.74) is 1.30. The number of aliphatic imine (C=N–C) groups is 1. The standard InChI is InChI=1S/C9H14N2/c1-10-9(11-2)8-6-4-3-5-7-8/h3-4,6H,5,7H2,1-2H3,(H,10,11). The number of nitrogens with zero attached hydrogens (tertiary/aromatic N) is 1. The fraction of sp³-hybridized carbons (Fsp3) is 0.444. The van der Waals surface area contributed by atoms with Crippen molar-refractivity contribution in [3.05, 3.63) is 23.8 Å². The number of hydrogen-bond donors (Lipinski definition) is 1. The Balaban J connectivity index is 2.72. The third-order valence-corrected chi connectivity index (χ3v) is 1.78. The molecule has 1 N–H and O–H groups in total. The minimum atomic E-state index is 1.01. The SMILES string of the molecule is C/N=C(\NC)C1=CC=CCC1. The third-order valence-electron chi connectivity index (χ3n) is 1.78. The minimum Gasteiger partial charge on any atom is -0.373 e. The smallest absolute Gasteiger partial charge is 0.123 e. The molecule has 11 heavy (non-hydrogen) atoms. The van der Waals surface area contributed by atoms with Crippen molar-refractivity contribution in [1.82, 2.24) is 5.32 Å². The van der Waals surface area contributed by atoms with Crippen LogP contribution in [0, 0.1) is 0 Å². The van der Waals surface area contributed by atoms with Crippen LogP contribution in [0.3, 0.4) is 0 Å². The van der Waals surface area contributed by atoms with E-state index in [1.807, 2.05) is 14.1 Å². The van der Waals surface area contributed by atoms with Gasteiger partial charge in [0.1, 0.15) is 5.84 Å². The summed E-state index contributed by atoms with van der Waals surface area (Å²) in [6, 6.07) is 0. The maximum Gasteiger partial charge on any atom is 0.123 e. The molecule has 1 aliphatic rings. The summed E-state index contributed by atoms with van der Waals surface area (Å²) in [6.07, 6.45) is 8.60. The Morgan fingerprint density at radius 1 is 1.64 bits per heavy atom. The van der Waals surface area contributed by atoms with Crippen LogP contribution >= 0.6 is 0 Å². The summed E-state index contributed by atoms with van der Waals surface area (Å²) < 4.78 is 0. The Hall–Kier alpha value is -1.05. The van der Waals surface area contributed by atoms with E-state index in [1.165, 1.54) is 5.57 Å². The number of likely N-dealkylation sites (N-methyl/N-ethyl adjacent to an activating group) is 1. The van der Waals surface area contributed by atoms with Gasteiger partial charge in [0.15, 0.2) is 0 Å². The molecule has 0 aromatic heterocycles. The van der Waals surface area contributed by atoms with Gasteiger partial charge in [-0.25, -0.2) is 0 Å². The lowest BCUT2D eigenvalue weighted by Gasteiger charge is -2.10. The highest BCUT2D eigenvalue weighted by molar-refractivity contribution is 5.98. The van der Waals surface area contributed by atoms with Crippen LogP contribution in [0.15, 0.2) is 28.8 Å². The highest BCUT2D eigenvalue weighted by Gasteiger charge is 2.04. The normalized spacial score (nSPS) is 18.0. The van der Waals surface area contributed by atoms with E-state index in [4.69, 9.17) is 0 Å². The van der Waals surface area contributed by atoms with Gasteiger partial charge in [-0.05, 0) is 18.4 Å². The lowest BCUT2D eigenvalue weighted by atomic mass is 10.0. The van der Waals surface area contributed by atoms with Crippen molar-refractivity contribution in [1.29, 1.82) is 0 Å². The third kappa shape index (κ3) is 1.93. The number of rotatable bonds is 1. The summed E-state index contributed by atoms with van der Waals surface area (Å²) in [4.78, 5) is 4.13. The minimum absolute atomic E-state index is 1.01. The molecular formula is C9H14N2. The molecule has 0 saturated carbocycles. The van der Waals surface area contributed by atoms with Crippen molar-refractivity contribution in [3.63, 3.8) is 0 Å². The van der Waals surface area contributed by atoms with Gasteiger partial charge in [0.2, 0.25) is 0 Å². The highest BCUT2D eigenvalue weighted by Crippen LogP contribution is 2.11. The average molecular weight is 150 g/mol. The van der Waals surface area contributed by atoms with E-state index in [0.29, 0.717) is 0 Å². The van der Waals surface area contributed by atoms with Crippen LogP contribution in [-0.2, 0) is 0 Å². The molecule has 0 saturated heterocycles. The Labute approximate surface area is 67.7 Å². The van der Waals surface area contributed by atoms with E-state index in [0.717, 1.165) is 18.7 Å². The van der Waals surface area contributed by atoms with Crippen molar-refractivity contribution >= 4 is 5.84 Å². The van der Waals surface area contributed by atoms with Gasteiger partial charge in [-0.3, -0.25) is 4.99 Å². The van der Waals surface area contributed by atoms with Gasteiger partial charge in [-0.2, -0.15) is 0 Å². The van der Waals surface area contributed by atoms with Crippen molar-refractivity contribution in [3.8, 4) is 0 Å². The number of amidine groups is 1. The van der Waals surface area contributed by atoms with E-state index in [-0.39, 0.29) is 0 Å². The number of allylic oxidation sites excluding steroid dienone is 3. The van der Waals surface area contributed by atoms with Crippen LogP contribution < -0.4 is 5.32 Å². The maximum atomic E-state index is 4.13. The summed E-state index contributed by atoms with van der Waals surface area (Å²) >= 11 is 0. The van der Waals surface area contributed by atoms with Gasteiger partial charge in [0.05, 0.1) is 0 Å². The summed E-state index contributed by atoms with van der Waals surface area (Å²) in [5, 5.41) is 3.07. The predicted molar refractivity (Wildman–Crippen MR) is 48.9 cm³/mol. The van der Waals surface area contributed by atoms with Gasteiger partial charge in [0.25, 0.3) is 0 Å². The largest absolute Gasteiger partial charge is 0.373 e. The molecule has 60 valence electrons. The van der Waals surface area contributed by atoms with E-state index < -0.39 is 0 Å². The molecular weight excluding hydrogens is 136 g/mol. The molecule has 2 heteroatoms. The maximum absolute atomic E-state index is 4.13. The molecule has 0 aromatic carbocycles. The van der Waals surface area contributed by atoms with E-state index >= 15 is 0 Å². The topological polar surface area (TPSA) is 24.4 Å². The van der Waals surface area contributed by atoms with Gasteiger partial charge in [-0.1, -0.05) is 18.2 Å². The first kappa shape index (κ1) is 8.05. The van der Waals surface area contributed by atoms with Crippen molar-refractivity contribution in [2.75, 3.05) is 14.1 Å². The molecule has 0 aromatic rings. The predicted octanol–water partition coefficient (Wildman–Crippen LogP) is 1.51. The molecule has 1 aliphatic carbocycles. The number of hydrogen-bond acceptors (Lipinski definition) is 1. The Morgan fingerprint density at radius 3 is 2.91 bits per heavy atom. The van der Waals surface area contributed by atoms with E-state index in [9.17, 15) is 0 Å². The molecule has 2 nitrogen and oxygen atoms in total. The van der Waals surface area contributed by atoms with E-state index in [2.05, 4.69) is 28.5 Å². The molecule has 0 unspecified atom stereocenters. The Bertz CT molecular complexity index is 212. The second-order valence-electron chi connectivity index (χ2n) is 2.48. The van der Waals surface area contributed by atoms with Gasteiger partial charge in [0, 0.05) is 14.1 Å². The summed E-state index contributed by atoms with van der Waals surface area (Å²) in [5.74, 6) is 1.01. The lowest BCUT2D eigenvalue weighted by Crippen LogP contribution is -2.21. The molecule has 0 atom stereocenters. The van der Waals surface area contributed by atoms with Crippen LogP contribution in [0.2, 0.25) is 0 Å². The van der Waals surface area contributed by atoms with Gasteiger partial charge in [-0.15, -0.1) is 0 Å². The van der Waals surface area contributed by atoms with Gasteiger partial charge >= 0.3 is 0 Å². The first-order chi connectivity index (χ1) is 5.38. The van der Waals surface area contributed by atoms with Crippen LogP contribution in [-0.4, -0.2) is 19.9 Å². The van der Waals surface area contributed by atoms with Crippen LogP contribution in [0.4, 0.5) is 0 Å². The zero-order chi connectivity index (χ0) is 8.10. The van der Waals surface area contributed by atoms with Crippen LogP contribution in [0.1, 0.15) is 12.8 Å². The fourth-order valence-electron chi connectivity index (χ4n) is 1.22. The molecule has 0 bridgehead atoms. The van der Waals surface area contributed by atoms with E-state index in [1.54, 1.807) is 0 Å². The van der Waals surface area contributed by atoms with Crippen LogP contribution in [0.25, 0.3) is 0 Å². The molecule has 0 spiro atoms. The quantitative estimate of drug-likeness (QED) is 0.444. The highest BCUT2D eigenvalue weighted by atomic mass is 14.9. The monoisotopic (exact) mass is 150 g/mol. The van der Waals surface area contributed by atoms with Gasteiger partial charge < -0.3 is 5.32 Å². The molecule has 0 heterocycles. The molecule has 0 amide bonds. The Morgan fingerprint density at radius 2 is 2.45 bits per heavy atom. The summed E-state index contributed by atoms with van der Waals surface area (Å²) in [7, 11) is 3.71. The summed E-state index contributed by atoms with van der Waals surface area (Å²) in [6.45, 7) is 0. The first-order valence-electron chi connectivity index (χ1n) is 3.89. The fourth-order valence-corrected chi connectivity index (χ4v) is 1.22. The first-order valence-corrected chi connectivity index (χ1v) is 3.89. The van der Waals surface area contributed by atoms with Crippen molar-refractivity contribution in [2.45, 2.75) is 12.8 Å². The Kier molecular flexibility index (Phi) is 2.90. The molecule has 0 aliphatic heterocycles. The van der Waals surface area contributed by atoms with Crippen molar-refractivity contribution < 1.29 is 0 Å². The average Bonchev–Trinajstić information content (AvgIpc) is 2.09. The lowest BCUT2D eigenvalue weighted by molar-refractivity contribution is 0.979. The van der Waals surface area contributed by atoms with Crippen molar-refractivity contribution in [2.24, 2.45) is 4.99 Å². The second-order valence-corrected chi connectivity index (χ2v) is 2.48. The molecule has 0 fully saturated rings. The zero-order valence-electron chi connectivity index (χ0n) is 7.09. The molecule has 0 radical (unpaired) electrons. The second kappa shape index (κ2) is 3.96. The number of nitrogens with one attached hydrogen (secondary N) is 1. The van der Waals surface area contributed by atoms with Crippen LogP contribution in [0.5, 0.6) is 0 Å².